The minimum absolute atomic E-state index is 0.125. The maximum atomic E-state index is 13.4. The van der Waals surface area contributed by atoms with E-state index in [9.17, 15) is 13.2 Å². The van der Waals surface area contributed by atoms with E-state index in [1.165, 1.54) is 23.3 Å². The average molecular weight is 465 g/mol. The molecule has 7 heteroatoms. The fourth-order valence-corrected chi connectivity index (χ4v) is 5.59. The van der Waals surface area contributed by atoms with Crippen LogP contribution >= 0.6 is 0 Å². The SMILES string of the molecule is COc1ccc(N(CC(=O)N[C@H](C)c2ccc3c(c2)CCC3)S(=O)(=O)c2ccccc2)cc1. The fourth-order valence-electron chi connectivity index (χ4n) is 4.15. The Labute approximate surface area is 195 Å². The lowest BCUT2D eigenvalue weighted by Gasteiger charge is -2.25. The molecule has 0 bridgehead atoms. The predicted octanol–water partition coefficient (Wildman–Crippen LogP) is 4.26. The van der Waals surface area contributed by atoms with E-state index in [-0.39, 0.29) is 23.4 Å². The third kappa shape index (κ3) is 5.03. The van der Waals surface area contributed by atoms with Crippen molar-refractivity contribution in [2.24, 2.45) is 0 Å². The zero-order valence-electron chi connectivity index (χ0n) is 18.8. The van der Waals surface area contributed by atoms with E-state index in [1.54, 1.807) is 49.6 Å². The molecule has 0 spiro atoms. The van der Waals surface area contributed by atoms with Crippen molar-refractivity contribution in [3.8, 4) is 5.75 Å². The number of sulfonamides is 1. The molecule has 1 atom stereocenters. The number of rotatable bonds is 8. The number of carbonyl (C=O) groups excluding carboxylic acids is 1. The van der Waals surface area contributed by atoms with Gasteiger partial charge in [0.1, 0.15) is 12.3 Å². The van der Waals surface area contributed by atoms with Crippen molar-refractivity contribution in [1.82, 2.24) is 5.32 Å². The number of benzene rings is 3. The Kier molecular flexibility index (Phi) is 6.70. The Bertz CT molecular complexity index is 1220. The lowest BCUT2D eigenvalue weighted by atomic mass is 10.0. The zero-order valence-corrected chi connectivity index (χ0v) is 19.6. The molecule has 0 aliphatic heterocycles. The predicted molar refractivity (Wildman–Crippen MR) is 129 cm³/mol. The van der Waals surface area contributed by atoms with Gasteiger partial charge in [0.15, 0.2) is 0 Å². The Morgan fingerprint density at radius 2 is 1.70 bits per heavy atom. The lowest BCUT2D eigenvalue weighted by molar-refractivity contribution is -0.120. The standard InChI is InChI=1S/C26H28N2O4S/c1-19(21-12-11-20-7-6-8-22(20)17-21)27-26(29)18-28(23-13-15-24(32-2)16-14-23)33(30,31)25-9-4-3-5-10-25/h3-5,9-17,19H,6-8,18H2,1-2H3,(H,27,29)/t19-/m1/s1. The molecule has 6 nitrogen and oxygen atoms in total. The molecule has 0 heterocycles. The highest BCUT2D eigenvalue weighted by atomic mass is 32.2. The van der Waals surface area contributed by atoms with Crippen molar-refractivity contribution >= 4 is 21.6 Å². The van der Waals surface area contributed by atoms with Crippen molar-refractivity contribution in [3.05, 3.63) is 89.5 Å². The van der Waals surface area contributed by atoms with E-state index < -0.39 is 10.0 Å². The van der Waals surface area contributed by atoms with Crippen molar-refractivity contribution in [2.45, 2.75) is 37.1 Å². The number of anilines is 1. The van der Waals surface area contributed by atoms with Gasteiger partial charge in [0.05, 0.1) is 23.7 Å². The van der Waals surface area contributed by atoms with Gasteiger partial charge < -0.3 is 10.1 Å². The second kappa shape index (κ2) is 9.67. The summed E-state index contributed by atoms with van der Waals surface area (Å²) in [5.41, 5.74) is 4.11. The third-order valence-corrected chi connectivity index (χ3v) is 7.77. The summed E-state index contributed by atoms with van der Waals surface area (Å²) >= 11 is 0. The molecule has 1 N–H and O–H groups in total. The number of carbonyl (C=O) groups is 1. The second-order valence-corrected chi connectivity index (χ2v) is 10.1. The topological polar surface area (TPSA) is 75.7 Å². The first-order chi connectivity index (χ1) is 15.9. The van der Waals surface area contributed by atoms with E-state index in [0.29, 0.717) is 11.4 Å². The van der Waals surface area contributed by atoms with Crippen LogP contribution < -0.4 is 14.4 Å². The summed E-state index contributed by atoms with van der Waals surface area (Å²) in [5, 5.41) is 2.96. The van der Waals surface area contributed by atoms with Gasteiger partial charge in [0.2, 0.25) is 5.91 Å². The Hall–Kier alpha value is -3.32. The van der Waals surface area contributed by atoms with Crippen molar-refractivity contribution in [2.75, 3.05) is 18.0 Å². The fraction of sp³-hybridized carbons (Fsp3) is 0.269. The molecule has 0 radical (unpaired) electrons. The Morgan fingerprint density at radius 1 is 1.00 bits per heavy atom. The number of nitrogens with zero attached hydrogens (tertiary/aromatic N) is 1. The van der Waals surface area contributed by atoms with E-state index in [4.69, 9.17) is 4.74 Å². The highest BCUT2D eigenvalue weighted by Gasteiger charge is 2.27. The average Bonchev–Trinajstić information content (AvgIpc) is 3.31. The van der Waals surface area contributed by atoms with E-state index in [0.717, 1.165) is 29.1 Å². The van der Waals surface area contributed by atoms with E-state index in [2.05, 4.69) is 17.4 Å². The molecule has 0 saturated carbocycles. The molecule has 1 amide bonds. The Morgan fingerprint density at radius 3 is 2.39 bits per heavy atom. The smallest absolute Gasteiger partial charge is 0.264 e. The van der Waals surface area contributed by atoms with Gasteiger partial charge in [0.25, 0.3) is 10.0 Å². The van der Waals surface area contributed by atoms with Crippen LogP contribution in [-0.4, -0.2) is 28.0 Å². The van der Waals surface area contributed by atoms with Crippen LogP contribution in [0.15, 0.2) is 77.7 Å². The Balaban J connectivity index is 1.57. The molecule has 1 aliphatic carbocycles. The van der Waals surface area contributed by atoms with E-state index >= 15 is 0 Å². The number of ether oxygens (including phenoxy) is 1. The van der Waals surface area contributed by atoms with Crippen LogP contribution in [0.3, 0.4) is 0 Å². The highest BCUT2D eigenvalue weighted by molar-refractivity contribution is 7.92. The molecule has 3 aromatic carbocycles. The first-order valence-electron chi connectivity index (χ1n) is 11.0. The molecule has 0 unspecified atom stereocenters. The summed E-state index contributed by atoms with van der Waals surface area (Å²) in [7, 11) is -2.40. The molecular weight excluding hydrogens is 436 g/mol. The lowest BCUT2D eigenvalue weighted by Crippen LogP contribution is -2.41. The number of methoxy groups -OCH3 is 1. The van der Waals surface area contributed by atoms with Crippen LogP contribution in [-0.2, 0) is 27.7 Å². The van der Waals surface area contributed by atoms with Crippen LogP contribution in [0.1, 0.15) is 36.1 Å². The quantitative estimate of drug-likeness (QED) is 0.541. The van der Waals surface area contributed by atoms with Crippen LogP contribution in [0, 0.1) is 0 Å². The minimum atomic E-state index is -3.95. The molecule has 172 valence electrons. The summed E-state index contributed by atoms with van der Waals surface area (Å²) in [5.74, 6) is 0.226. The number of hydrogen-bond acceptors (Lipinski definition) is 4. The summed E-state index contributed by atoms with van der Waals surface area (Å²) in [4.78, 5) is 13.1. The molecular formula is C26H28N2O4S. The van der Waals surface area contributed by atoms with Gasteiger partial charge in [-0.3, -0.25) is 9.10 Å². The molecule has 0 fully saturated rings. The number of nitrogens with one attached hydrogen (secondary N) is 1. The first-order valence-corrected chi connectivity index (χ1v) is 12.5. The summed E-state index contributed by atoms with van der Waals surface area (Å²) in [6, 6.07) is 20.8. The van der Waals surface area contributed by atoms with Crippen LogP contribution in [0.25, 0.3) is 0 Å². The number of amides is 1. The van der Waals surface area contributed by atoms with Crippen LogP contribution in [0.5, 0.6) is 5.75 Å². The van der Waals surface area contributed by atoms with Crippen molar-refractivity contribution in [3.63, 3.8) is 0 Å². The number of aryl methyl sites for hydroxylation is 2. The maximum absolute atomic E-state index is 13.4. The monoisotopic (exact) mass is 464 g/mol. The van der Waals surface area contributed by atoms with Gasteiger partial charge in [-0.2, -0.15) is 0 Å². The first kappa shape index (κ1) is 22.9. The maximum Gasteiger partial charge on any atom is 0.264 e. The van der Waals surface area contributed by atoms with Gasteiger partial charge in [0, 0.05) is 0 Å². The minimum Gasteiger partial charge on any atom is -0.497 e. The van der Waals surface area contributed by atoms with Gasteiger partial charge >= 0.3 is 0 Å². The van der Waals surface area contributed by atoms with Gasteiger partial charge in [-0.1, -0.05) is 36.4 Å². The van der Waals surface area contributed by atoms with Crippen molar-refractivity contribution in [1.29, 1.82) is 0 Å². The van der Waals surface area contributed by atoms with Gasteiger partial charge in [-0.25, -0.2) is 8.42 Å². The number of hydrogen-bond donors (Lipinski definition) is 1. The zero-order chi connectivity index (χ0) is 23.4. The highest BCUT2D eigenvalue weighted by Crippen LogP contribution is 2.27. The molecule has 4 rings (SSSR count). The molecule has 33 heavy (non-hydrogen) atoms. The van der Waals surface area contributed by atoms with E-state index in [1.807, 2.05) is 13.0 Å². The third-order valence-electron chi connectivity index (χ3n) is 5.98. The van der Waals surface area contributed by atoms with Crippen molar-refractivity contribution < 1.29 is 17.9 Å². The van der Waals surface area contributed by atoms with Gasteiger partial charge in [-0.05, 0) is 79.3 Å². The van der Waals surface area contributed by atoms with Gasteiger partial charge in [-0.15, -0.1) is 0 Å². The second-order valence-electron chi connectivity index (χ2n) is 8.19. The van der Waals surface area contributed by atoms with Crippen LogP contribution in [0.2, 0.25) is 0 Å². The van der Waals surface area contributed by atoms with Crippen LogP contribution in [0.4, 0.5) is 5.69 Å². The largest absolute Gasteiger partial charge is 0.497 e. The number of fused-ring (bicyclic) bond motifs is 1. The summed E-state index contributed by atoms with van der Waals surface area (Å²) in [6.45, 7) is 1.58. The summed E-state index contributed by atoms with van der Waals surface area (Å²) in [6.07, 6.45) is 3.32. The molecule has 0 aromatic heterocycles. The molecule has 1 aliphatic rings. The molecule has 0 saturated heterocycles. The molecule has 3 aromatic rings. The normalized spacial score (nSPS) is 13.8. The summed E-state index contributed by atoms with van der Waals surface area (Å²) < 4.78 is 33.2.